The number of carbonyl (C=O) groups excluding carboxylic acids is 1. The number of morpholine rings is 1. The topological polar surface area (TPSA) is 76.8 Å². The van der Waals surface area contributed by atoms with Crippen molar-refractivity contribution in [1.82, 2.24) is 10.2 Å². The van der Waals surface area contributed by atoms with Gasteiger partial charge < -0.3 is 20.5 Å². The third-order valence-electron chi connectivity index (χ3n) is 4.89. The largest absolute Gasteiger partial charge is 0.492 e. The molecule has 0 bridgehead atoms. The van der Waals surface area contributed by atoms with Gasteiger partial charge in [0.15, 0.2) is 0 Å². The molecule has 0 spiro atoms. The Kier molecular flexibility index (Phi) is 12.2. The number of para-hydroxylation sites is 2. The third kappa shape index (κ3) is 8.40. The van der Waals surface area contributed by atoms with Gasteiger partial charge in [-0.15, -0.1) is 24.8 Å². The zero-order chi connectivity index (χ0) is 19.6. The molecule has 1 fully saturated rings. The number of nitrogens with two attached hydrogens (primary N) is 1. The zero-order valence-electron chi connectivity index (χ0n) is 17.0. The van der Waals surface area contributed by atoms with E-state index in [1.54, 1.807) is 0 Å². The van der Waals surface area contributed by atoms with Crippen LogP contribution in [0.2, 0.25) is 0 Å². The summed E-state index contributed by atoms with van der Waals surface area (Å²) in [6.07, 6.45) is 1.05. The molecule has 1 aliphatic rings. The maximum Gasteiger partial charge on any atom is 0.220 e. The molecule has 0 aliphatic carbocycles. The molecule has 6 nitrogen and oxygen atoms in total. The number of anilines is 1. The Morgan fingerprint density at radius 1 is 1.03 bits per heavy atom. The number of nitrogen functional groups attached to an aromatic ring is 1. The van der Waals surface area contributed by atoms with Crippen molar-refractivity contribution in [2.24, 2.45) is 0 Å². The Morgan fingerprint density at radius 3 is 2.43 bits per heavy atom. The molecule has 0 unspecified atom stereocenters. The van der Waals surface area contributed by atoms with Gasteiger partial charge in [0.05, 0.1) is 13.2 Å². The molecule has 3 N–H and O–H groups in total. The zero-order valence-corrected chi connectivity index (χ0v) is 18.7. The summed E-state index contributed by atoms with van der Waals surface area (Å²) in [4.78, 5) is 14.6. The van der Waals surface area contributed by atoms with E-state index in [0.29, 0.717) is 26.0 Å². The summed E-state index contributed by atoms with van der Waals surface area (Å²) in [6.45, 7) is 5.44. The van der Waals surface area contributed by atoms with E-state index in [2.05, 4.69) is 10.2 Å². The van der Waals surface area contributed by atoms with Crippen molar-refractivity contribution in [3.63, 3.8) is 0 Å². The fourth-order valence-electron chi connectivity index (χ4n) is 3.19. The summed E-state index contributed by atoms with van der Waals surface area (Å²) in [5.41, 5.74) is 8.65. The van der Waals surface area contributed by atoms with E-state index < -0.39 is 0 Å². The second kappa shape index (κ2) is 14.1. The number of amides is 1. The van der Waals surface area contributed by atoms with Crippen molar-refractivity contribution in [2.45, 2.75) is 19.4 Å². The van der Waals surface area contributed by atoms with Crippen molar-refractivity contribution in [1.29, 1.82) is 0 Å². The molecule has 1 heterocycles. The highest BCUT2D eigenvalue weighted by Gasteiger charge is 2.11. The summed E-state index contributed by atoms with van der Waals surface area (Å²) in [5, 5.41) is 2.98. The molecule has 0 saturated carbocycles. The highest BCUT2D eigenvalue weighted by Crippen LogP contribution is 2.18. The molecule has 2 aromatic rings. The molecule has 30 heavy (non-hydrogen) atoms. The highest BCUT2D eigenvalue weighted by atomic mass is 35.5. The van der Waals surface area contributed by atoms with Crippen LogP contribution >= 0.6 is 24.8 Å². The number of aryl methyl sites for hydroxylation is 1. The molecule has 1 aliphatic heterocycles. The Morgan fingerprint density at radius 2 is 1.70 bits per heavy atom. The van der Waals surface area contributed by atoms with Crippen molar-refractivity contribution in [2.75, 3.05) is 45.2 Å². The number of nitrogens with zero attached hydrogens (tertiary/aromatic N) is 1. The van der Waals surface area contributed by atoms with Crippen LogP contribution in [-0.2, 0) is 22.5 Å². The van der Waals surface area contributed by atoms with E-state index >= 15 is 0 Å². The van der Waals surface area contributed by atoms with Crippen LogP contribution in [0.3, 0.4) is 0 Å². The highest BCUT2D eigenvalue weighted by molar-refractivity contribution is 5.85. The molecule has 0 aromatic heterocycles. The van der Waals surface area contributed by atoms with Crippen molar-refractivity contribution < 1.29 is 14.3 Å². The first-order valence-corrected chi connectivity index (χ1v) is 9.83. The van der Waals surface area contributed by atoms with Gasteiger partial charge in [0.2, 0.25) is 5.91 Å². The maximum atomic E-state index is 12.2. The van der Waals surface area contributed by atoms with Gasteiger partial charge >= 0.3 is 0 Å². The number of rotatable bonds is 9. The first-order valence-electron chi connectivity index (χ1n) is 9.83. The standard InChI is InChI=1S/C22H29N3O3.2ClH/c23-20-7-3-1-5-18(20)9-10-22(26)24-17-19-6-2-4-8-21(19)28-16-13-25-11-14-27-15-12-25;;/h1-8H,9-17,23H2,(H,24,26);2*1H. The lowest BCUT2D eigenvalue weighted by atomic mass is 10.1. The van der Waals surface area contributed by atoms with Gasteiger partial charge in [-0.25, -0.2) is 0 Å². The minimum absolute atomic E-state index is 0. The molecular weight excluding hydrogens is 425 g/mol. The van der Waals surface area contributed by atoms with Gasteiger partial charge in [0, 0.05) is 43.9 Å². The van der Waals surface area contributed by atoms with Crippen LogP contribution in [0.1, 0.15) is 17.5 Å². The van der Waals surface area contributed by atoms with Gasteiger partial charge in [-0.05, 0) is 24.1 Å². The third-order valence-corrected chi connectivity index (χ3v) is 4.89. The van der Waals surface area contributed by atoms with Gasteiger partial charge in [-0.2, -0.15) is 0 Å². The molecular formula is C22H31Cl2N3O3. The minimum atomic E-state index is 0. The van der Waals surface area contributed by atoms with Crippen LogP contribution in [0.15, 0.2) is 48.5 Å². The second-order valence-corrected chi connectivity index (χ2v) is 6.89. The first-order chi connectivity index (χ1) is 13.7. The molecule has 3 rings (SSSR count). The lowest BCUT2D eigenvalue weighted by Crippen LogP contribution is -2.38. The number of carbonyl (C=O) groups is 1. The molecule has 1 amide bonds. The number of hydrogen-bond acceptors (Lipinski definition) is 5. The van der Waals surface area contributed by atoms with Crippen LogP contribution in [0, 0.1) is 0 Å². The molecule has 8 heteroatoms. The van der Waals surface area contributed by atoms with Crippen LogP contribution in [0.25, 0.3) is 0 Å². The Balaban J connectivity index is 0.00000225. The minimum Gasteiger partial charge on any atom is -0.492 e. The normalized spacial score (nSPS) is 13.6. The average molecular weight is 456 g/mol. The number of hydrogen-bond donors (Lipinski definition) is 2. The van der Waals surface area contributed by atoms with E-state index in [1.807, 2.05) is 48.5 Å². The predicted molar refractivity (Wildman–Crippen MR) is 125 cm³/mol. The second-order valence-electron chi connectivity index (χ2n) is 6.89. The van der Waals surface area contributed by atoms with E-state index in [0.717, 1.165) is 55.4 Å². The van der Waals surface area contributed by atoms with Crippen LogP contribution in [-0.4, -0.2) is 50.3 Å². The van der Waals surface area contributed by atoms with Gasteiger partial charge in [-0.1, -0.05) is 36.4 Å². The Labute approximate surface area is 190 Å². The SMILES string of the molecule is Cl.Cl.Nc1ccccc1CCC(=O)NCc1ccccc1OCCN1CCOCC1. The lowest BCUT2D eigenvalue weighted by molar-refractivity contribution is -0.121. The summed E-state index contributed by atoms with van der Waals surface area (Å²) in [7, 11) is 0. The van der Waals surface area contributed by atoms with Crippen LogP contribution in [0.4, 0.5) is 5.69 Å². The van der Waals surface area contributed by atoms with E-state index in [9.17, 15) is 4.79 Å². The number of ether oxygens (including phenoxy) is 2. The molecule has 0 atom stereocenters. The quantitative estimate of drug-likeness (QED) is 0.568. The molecule has 166 valence electrons. The van der Waals surface area contributed by atoms with E-state index in [1.165, 1.54) is 0 Å². The number of benzene rings is 2. The van der Waals surface area contributed by atoms with Crippen LogP contribution in [0.5, 0.6) is 5.75 Å². The summed E-state index contributed by atoms with van der Waals surface area (Å²) in [6, 6.07) is 15.5. The first kappa shape index (κ1) is 26.0. The number of nitrogens with one attached hydrogen (secondary N) is 1. The molecule has 2 aromatic carbocycles. The maximum absolute atomic E-state index is 12.2. The summed E-state index contributed by atoms with van der Waals surface area (Å²) < 4.78 is 11.3. The molecule has 1 saturated heterocycles. The van der Waals surface area contributed by atoms with Gasteiger partial charge in [0.25, 0.3) is 0 Å². The van der Waals surface area contributed by atoms with E-state index in [4.69, 9.17) is 15.2 Å². The summed E-state index contributed by atoms with van der Waals surface area (Å²) in [5.74, 6) is 0.828. The van der Waals surface area contributed by atoms with Gasteiger partial charge in [0.1, 0.15) is 12.4 Å². The van der Waals surface area contributed by atoms with Crippen molar-refractivity contribution in [3.8, 4) is 5.75 Å². The number of halogens is 2. The van der Waals surface area contributed by atoms with Crippen molar-refractivity contribution >= 4 is 36.4 Å². The van der Waals surface area contributed by atoms with E-state index in [-0.39, 0.29) is 30.7 Å². The Hall–Kier alpha value is -1.99. The summed E-state index contributed by atoms with van der Waals surface area (Å²) >= 11 is 0. The Bertz CT molecular complexity index is 771. The predicted octanol–water partition coefficient (Wildman–Crippen LogP) is 3.07. The smallest absolute Gasteiger partial charge is 0.220 e. The average Bonchev–Trinajstić information content (AvgIpc) is 2.73. The fourth-order valence-corrected chi connectivity index (χ4v) is 3.19. The fraction of sp³-hybridized carbons (Fsp3) is 0.409. The van der Waals surface area contributed by atoms with Crippen molar-refractivity contribution in [3.05, 3.63) is 59.7 Å². The van der Waals surface area contributed by atoms with Gasteiger partial charge in [-0.3, -0.25) is 9.69 Å². The lowest BCUT2D eigenvalue weighted by Gasteiger charge is -2.26. The molecule has 0 radical (unpaired) electrons. The van der Waals surface area contributed by atoms with Crippen LogP contribution < -0.4 is 15.8 Å². The monoisotopic (exact) mass is 455 g/mol.